The van der Waals surface area contributed by atoms with Crippen molar-refractivity contribution in [3.63, 3.8) is 0 Å². The van der Waals surface area contributed by atoms with E-state index in [1.165, 1.54) is 17.7 Å². The summed E-state index contributed by atoms with van der Waals surface area (Å²) in [5.74, 6) is 0.522. The number of benzene rings is 3. The van der Waals surface area contributed by atoms with E-state index in [0.29, 0.717) is 5.02 Å². The normalized spacial score (nSPS) is 20.2. The maximum Gasteiger partial charge on any atom is 0.213 e. The molecule has 0 saturated heterocycles. The molecule has 3 aromatic carbocycles. The van der Waals surface area contributed by atoms with E-state index in [0.717, 1.165) is 34.6 Å². The lowest BCUT2D eigenvalue weighted by atomic mass is 9.95. The highest BCUT2D eigenvalue weighted by Gasteiger charge is 2.41. The van der Waals surface area contributed by atoms with Crippen molar-refractivity contribution in [2.45, 2.75) is 25.6 Å². The summed E-state index contributed by atoms with van der Waals surface area (Å²) in [6, 6.07) is 20.5. The second-order valence-corrected chi connectivity index (χ2v) is 7.65. The Morgan fingerprint density at radius 3 is 2.54 bits per heavy atom. The number of hydrazone groups is 1. The molecule has 0 amide bonds. The molecule has 0 unspecified atom stereocenters. The van der Waals surface area contributed by atoms with Gasteiger partial charge in [-0.15, -0.1) is 0 Å². The van der Waals surface area contributed by atoms with Crippen LogP contribution in [0.2, 0.25) is 5.02 Å². The average molecular weight is 393 g/mol. The average Bonchev–Trinajstić information content (AvgIpc) is 3.14. The van der Waals surface area contributed by atoms with Gasteiger partial charge in [0.05, 0.1) is 11.8 Å². The van der Waals surface area contributed by atoms with Crippen molar-refractivity contribution in [3.05, 3.63) is 99.8 Å². The minimum atomic E-state index is -0.415. The molecule has 3 aromatic rings. The highest BCUT2D eigenvalue weighted by molar-refractivity contribution is 6.30. The fraction of sp³-hybridized carbons (Fsp3) is 0.174. The molecule has 2 aliphatic rings. The molecule has 2 heterocycles. The van der Waals surface area contributed by atoms with Gasteiger partial charge in [-0.25, -0.2) is 9.40 Å². The number of rotatable bonds is 2. The van der Waals surface area contributed by atoms with Crippen LogP contribution in [0.3, 0.4) is 0 Å². The van der Waals surface area contributed by atoms with Crippen molar-refractivity contribution >= 4 is 17.3 Å². The van der Waals surface area contributed by atoms with Crippen LogP contribution in [-0.4, -0.2) is 10.7 Å². The van der Waals surface area contributed by atoms with E-state index in [1.54, 1.807) is 12.1 Å². The molecule has 140 valence electrons. The topological polar surface area (TPSA) is 24.8 Å². The summed E-state index contributed by atoms with van der Waals surface area (Å²) in [6.45, 7) is 2.07. The Bertz CT molecular complexity index is 1060. The highest BCUT2D eigenvalue weighted by atomic mass is 35.5. The molecule has 0 aromatic heterocycles. The van der Waals surface area contributed by atoms with Gasteiger partial charge in [0.2, 0.25) is 6.23 Å². The summed E-state index contributed by atoms with van der Waals surface area (Å²) >= 11 is 6.26. The van der Waals surface area contributed by atoms with Crippen LogP contribution in [0.4, 0.5) is 4.39 Å². The van der Waals surface area contributed by atoms with Gasteiger partial charge in [0, 0.05) is 22.6 Å². The van der Waals surface area contributed by atoms with E-state index in [-0.39, 0.29) is 11.9 Å². The lowest BCUT2D eigenvalue weighted by molar-refractivity contribution is -0.0190. The Morgan fingerprint density at radius 1 is 1.04 bits per heavy atom. The van der Waals surface area contributed by atoms with Crippen molar-refractivity contribution < 1.29 is 9.13 Å². The number of hydrogen-bond donors (Lipinski definition) is 0. The van der Waals surface area contributed by atoms with E-state index in [4.69, 9.17) is 21.4 Å². The van der Waals surface area contributed by atoms with Crippen LogP contribution in [0.5, 0.6) is 5.75 Å². The van der Waals surface area contributed by atoms with Crippen LogP contribution in [0, 0.1) is 12.7 Å². The number of hydrogen-bond acceptors (Lipinski definition) is 3. The highest BCUT2D eigenvalue weighted by Crippen LogP contribution is 2.48. The van der Waals surface area contributed by atoms with Crippen molar-refractivity contribution in [1.29, 1.82) is 0 Å². The summed E-state index contributed by atoms with van der Waals surface area (Å²) in [5, 5.41) is 7.55. The molecule has 5 heteroatoms. The van der Waals surface area contributed by atoms with Gasteiger partial charge in [-0.2, -0.15) is 5.10 Å². The minimum absolute atomic E-state index is 0.0220. The Morgan fingerprint density at radius 2 is 1.79 bits per heavy atom. The zero-order valence-corrected chi connectivity index (χ0v) is 16.0. The van der Waals surface area contributed by atoms with Gasteiger partial charge in [-0.05, 0) is 42.8 Å². The fourth-order valence-corrected chi connectivity index (χ4v) is 4.01. The van der Waals surface area contributed by atoms with Gasteiger partial charge in [0.25, 0.3) is 0 Å². The van der Waals surface area contributed by atoms with E-state index in [9.17, 15) is 4.39 Å². The first-order valence-electron chi connectivity index (χ1n) is 9.23. The van der Waals surface area contributed by atoms with E-state index in [1.807, 2.05) is 23.2 Å². The van der Waals surface area contributed by atoms with Crippen LogP contribution < -0.4 is 4.74 Å². The molecular formula is C23H18ClFN2O. The Kier molecular flexibility index (Phi) is 4.09. The molecule has 3 nitrogen and oxygen atoms in total. The maximum atomic E-state index is 13.4. The van der Waals surface area contributed by atoms with Gasteiger partial charge in [0.15, 0.2) is 0 Å². The van der Waals surface area contributed by atoms with Gasteiger partial charge in [-0.1, -0.05) is 53.6 Å². The minimum Gasteiger partial charge on any atom is -0.464 e. The van der Waals surface area contributed by atoms with Crippen LogP contribution in [0.1, 0.15) is 40.9 Å². The number of nitrogens with zero attached hydrogens (tertiary/aromatic N) is 2. The van der Waals surface area contributed by atoms with Crippen molar-refractivity contribution in [2.24, 2.45) is 5.10 Å². The fourth-order valence-electron chi connectivity index (χ4n) is 3.83. The first kappa shape index (κ1) is 17.3. The number of halogens is 2. The Balaban J connectivity index is 1.59. The van der Waals surface area contributed by atoms with E-state index >= 15 is 0 Å². The summed E-state index contributed by atoms with van der Waals surface area (Å²) in [7, 11) is 0. The molecule has 5 rings (SSSR count). The van der Waals surface area contributed by atoms with Crippen LogP contribution in [0.25, 0.3) is 0 Å². The third-order valence-electron chi connectivity index (χ3n) is 5.29. The van der Waals surface area contributed by atoms with Crippen molar-refractivity contribution in [2.75, 3.05) is 0 Å². The molecule has 28 heavy (non-hydrogen) atoms. The van der Waals surface area contributed by atoms with Crippen molar-refractivity contribution in [1.82, 2.24) is 5.01 Å². The zero-order valence-electron chi connectivity index (χ0n) is 15.3. The quantitative estimate of drug-likeness (QED) is 0.532. The molecule has 2 aliphatic heterocycles. The Hall–Kier alpha value is -2.85. The third kappa shape index (κ3) is 2.94. The smallest absolute Gasteiger partial charge is 0.213 e. The van der Waals surface area contributed by atoms with E-state index in [2.05, 4.69) is 31.2 Å². The number of ether oxygens (including phenoxy) is 1. The first-order chi connectivity index (χ1) is 13.6. The molecule has 0 spiro atoms. The van der Waals surface area contributed by atoms with Crippen LogP contribution >= 0.6 is 11.6 Å². The second-order valence-electron chi connectivity index (χ2n) is 7.22. The van der Waals surface area contributed by atoms with Crippen LogP contribution in [0.15, 0.2) is 71.8 Å². The van der Waals surface area contributed by atoms with Gasteiger partial charge in [-0.3, -0.25) is 0 Å². The van der Waals surface area contributed by atoms with Crippen molar-refractivity contribution in [3.8, 4) is 5.75 Å². The van der Waals surface area contributed by atoms with Gasteiger partial charge >= 0.3 is 0 Å². The molecule has 0 saturated carbocycles. The summed E-state index contributed by atoms with van der Waals surface area (Å²) in [4.78, 5) is 0. The molecule has 0 aliphatic carbocycles. The zero-order chi connectivity index (χ0) is 19.3. The standard InChI is InChI=1S/C23H18ClFN2O/c1-14-2-4-15(5-3-14)20-13-21-19-12-17(24)8-11-22(19)28-23(27(21)26-20)16-6-9-18(25)10-7-16/h2-12,21,23H,13H2,1H3/t21-,23-/m0/s1. The lowest BCUT2D eigenvalue weighted by Gasteiger charge is -2.38. The maximum absolute atomic E-state index is 13.4. The second kappa shape index (κ2) is 6.64. The van der Waals surface area contributed by atoms with Crippen LogP contribution in [-0.2, 0) is 0 Å². The monoisotopic (exact) mass is 392 g/mol. The predicted octanol–water partition coefficient (Wildman–Crippen LogP) is 6.03. The van der Waals surface area contributed by atoms with E-state index < -0.39 is 6.23 Å². The Labute approximate surface area is 168 Å². The van der Waals surface area contributed by atoms with Gasteiger partial charge in [0.1, 0.15) is 11.6 Å². The molecule has 0 radical (unpaired) electrons. The SMILES string of the molecule is Cc1ccc(C2=NN3[C@@H](C2)c2cc(Cl)ccc2O[C@H]3c2ccc(F)cc2)cc1. The molecule has 2 atom stereocenters. The summed E-state index contributed by atoms with van der Waals surface area (Å²) in [6.07, 6.45) is 0.347. The number of aryl methyl sites for hydroxylation is 1. The molecule has 0 fully saturated rings. The third-order valence-corrected chi connectivity index (χ3v) is 5.53. The summed E-state index contributed by atoms with van der Waals surface area (Å²) < 4.78 is 19.7. The lowest BCUT2D eigenvalue weighted by Crippen LogP contribution is -2.33. The largest absolute Gasteiger partial charge is 0.464 e. The molecule has 0 N–H and O–H groups in total. The summed E-state index contributed by atoms with van der Waals surface area (Å²) in [5.41, 5.74) is 5.21. The van der Waals surface area contributed by atoms with Gasteiger partial charge < -0.3 is 4.74 Å². The first-order valence-corrected chi connectivity index (χ1v) is 9.61. The molecule has 0 bridgehead atoms. The number of fused-ring (bicyclic) bond motifs is 3. The predicted molar refractivity (Wildman–Crippen MR) is 108 cm³/mol. The molecular weight excluding hydrogens is 375 g/mol.